The molecule has 2 aromatic heterocycles. The third-order valence-corrected chi connectivity index (χ3v) is 9.58. The summed E-state index contributed by atoms with van der Waals surface area (Å²) < 4.78 is 34.3. The molecule has 0 unspecified atom stereocenters. The lowest BCUT2D eigenvalue weighted by Crippen LogP contribution is -2.34. The highest BCUT2D eigenvalue weighted by Crippen LogP contribution is 2.44. The van der Waals surface area contributed by atoms with E-state index in [2.05, 4.69) is 56.9 Å². The van der Waals surface area contributed by atoms with Gasteiger partial charge >= 0.3 is 12.1 Å². The molecule has 260 valence electrons. The molecule has 1 saturated carbocycles. The van der Waals surface area contributed by atoms with Crippen molar-refractivity contribution in [3.05, 3.63) is 129 Å². The van der Waals surface area contributed by atoms with Crippen LogP contribution in [0.15, 0.2) is 85.2 Å². The van der Waals surface area contributed by atoms with E-state index < -0.39 is 18.1 Å². The second kappa shape index (κ2) is 14.8. The smallest absolute Gasteiger partial charge is 0.475 e. The van der Waals surface area contributed by atoms with Crippen molar-refractivity contribution in [1.82, 2.24) is 19.4 Å². The standard InChI is InChI=1S/C35H33Cl2N5O.C2HF3O2/c36-28-8-3-23(4-9-28)33(24-5-10-29(37)11-6-24)26-7-12-31-32(18-26)42(35(40-31)25-1-2-25)30-13-15-41(16-14-30)21-22-17-27(34(38)43)20-39-19-22;3-2(4,5)1(6)7/h3-12,17-20,25,30,33H,1-2,13-16,21H2,(H2,38,43);(H,6,7). The largest absolute Gasteiger partial charge is 0.490 e. The van der Waals surface area contributed by atoms with Crippen molar-refractivity contribution in [3.63, 3.8) is 0 Å². The fourth-order valence-electron chi connectivity index (χ4n) is 6.51. The monoisotopic (exact) mass is 723 g/mol. The van der Waals surface area contributed by atoms with Gasteiger partial charge in [-0.25, -0.2) is 9.78 Å². The van der Waals surface area contributed by atoms with Crippen molar-refractivity contribution < 1.29 is 27.9 Å². The minimum atomic E-state index is -5.08. The van der Waals surface area contributed by atoms with E-state index in [1.165, 1.54) is 47.1 Å². The number of likely N-dealkylation sites (tertiary alicyclic amines) is 1. The number of hydrogen-bond acceptors (Lipinski definition) is 5. The predicted octanol–water partition coefficient (Wildman–Crippen LogP) is 8.37. The van der Waals surface area contributed by atoms with Crippen molar-refractivity contribution in [2.75, 3.05) is 13.1 Å². The molecule has 2 aliphatic rings. The average Bonchev–Trinajstić information content (AvgIpc) is 3.87. The van der Waals surface area contributed by atoms with Gasteiger partial charge in [0.1, 0.15) is 5.82 Å². The van der Waals surface area contributed by atoms with Crippen LogP contribution in [0.2, 0.25) is 10.0 Å². The van der Waals surface area contributed by atoms with Gasteiger partial charge < -0.3 is 15.4 Å². The average molecular weight is 725 g/mol. The maximum atomic E-state index is 11.6. The number of benzene rings is 3. The lowest BCUT2D eigenvalue weighted by molar-refractivity contribution is -0.192. The summed E-state index contributed by atoms with van der Waals surface area (Å²) in [7, 11) is 0. The highest BCUT2D eigenvalue weighted by molar-refractivity contribution is 6.30. The van der Waals surface area contributed by atoms with Gasteiger partial charge in [0.25, 0.3) is 0 Å². The van der Waals surface area contributed by atoms with Crippen LogP contribution in [0.25, 0.3) is 11.0 Å². The molecule has 1 saturated heterocycles. The molecule has 5 aromatic rings. The molecular weight excluding hydrogens is 690 g/mol. The van der Waals surface area contributed by atoms with E-state index in [-0.39, 0.29) is 5.92 Å². The number of nitrogens with two attached hydrogens (primary N) is 1. The number of carboxylic acid groups (broad SMARTS) is 1. The lowest BCUT2D eigenvalue weighted by atomic mass is 9.85. The maximum Gasteiger partial charge on any atom is 0.490 e. The number of rotatable bonds is 8. The second-order valence-corrected chi connectivity index (χ2v) is 13.5. The maximum absolute atomic E-state index is 11.6. The molecule has 1 amide bonds. The molecule has 7 rings (SSSR count). The molecule has 0 spiro atoms. The van der Waals surface area contributed by atoms with Crippen LogP contribution in [0.1, 0.15) is 82.0 Å². The van der Waals surface area contributed by atoms with E-state index in [1.807, 2.05) is 36.5 Å². The first-order valence-electron chi connectivity index (χ1n) is 16.2. The van der Waals surface area contributed by atoms with Crippen LogP contribution in [0, 0.1) is 0 Å². The molecule has 3 heterocycles. The van der Waals surface area contributed by atoms with Gasteiger partial charge in [0, 0.05) is 60.0 Å². The first kappa shape index (κ1) is 35.4. The molecule has 1 aliphatic carbocycles. The Hall–Kier alpha value is -4.45. The molecule has 13 heteroatoms. The predicted molar refractivity (Wildman–Crippen MR) is 186 cm³/mol. The second-order valence-electron chi connectivity index (χ2n) is 12.7. The van der Waals surface area contributed by atoms with Crippen LogP contribution in [0.3, 0.4) is 0 Å². The molecule has 8 nitrogen and oxygen atoms in total. The SMILES string of the molecule is NC(=O)c1cncc(CN2CCC(n3c(C4CC4)nc4ccc(C(c5ccc(Cl)cc5)c5ccc(Cl)cc5)cc43)CC2)c1.O=C(O)C(F)(F)F. The molecule has 50 heavy (non-hydrogen) atoms. The Morgan fingerprint density at radius 1 is 0.860 bits per heavy atom. The van der Waals surface area contributed by atoms with Gasteiger partial charge in [-0.3, -0.25) is 14.7 Å². The molecule has 0 bridgehead atoms. The number of aliphatic carboxylic acids is 1. The van der Waals surface area contributed by atoms with Crippen molar-refractivity contribution >= 4 is 46.1 Å². The number of carboxylic acids is 1. The number of halogens is 5. The highest BCUT2D eigenvalue weighted by atomic mass is 35.5. The summed E-state index contributed by atoms with van der Waals surface area (Å²) in [5, 5.41) is 8.58. The number of imidazole rings is 1. The van der Waals surface area contributed by atoms with E-state index in [4.69, 9.17) is 43.8 Å². The Morgan fingerprint density at radius 3 is 1.94 bits per heavy atom. The summed E-state index contributed by atoms with van der Waals surface area (Å²) >= 11 is 12.5. The number of primary amides is 1. The third kappa shape index (κ3) is 8.29. The third-order valence-electron chi connectivity index (χ3n) is 9.07. The Bertz CT molecular complexity index is 1940. The Balaban J connectivity index is 0.000000561. The number of aromatic nitrogens is 3. The molecule has 3 aromatic carbocycles. The topological polar surface area (TPSA) is 114 Å². The Morgan fingerprint density at radius 2 is 1.42 bits per heavy atom. The van der Waals surface area contributed by atoms with Gasteiger partial charge in [-0.1, -0.05) is 53.5 Å². The molecule has 0 radical (unpaired) electrons. The van der Waals surface area contributed by atoms with E-state index in [1.54, 1.807) is 0 Å². The van der Waals surface area contributed by atoms with Crippen molar-refractivity contribution in [2.45, 2.75) is 56.3 Å². The number of hydrogen-bond donors (Lipinski definition) is 2. The summed E-state index contributed by atoms with van der Waals surface area (Å²) in [5.41, 5.74) is 12.8. The number of piperidine rings is 1. The molecule has 0 atom stereocenters. The summed E-state index contributed by atoms with van der Waals surface area (Å²) in [4.78, 5) is 32.4. The quantitative estimate of drug-likeness (QED) is 0.156. The van der Waals surface area contributed by atoms with Crippen LogP contribution in [-0.4, -0.2) is 55.7 Å². The number of fused-ring (bicyclic) bond motifs is 1. The summed E-state index contributed by atoms with van der Waals surface area (Å²) in [6.45, 7) is 2.69. The first-order valence-corrected chi connectivity index (χ1v) is 16.9. The van der Waals surface area contributed by atoms with Crippen LogP contribution in [0.5, 0.6) is 0 Å². The van der Waals surface area contributed by atoms with Crippen LogP contribution >= 0.6 is 23.2 Å². The van der Waals surface area contributed by atoms with E-state index in [0.717, 1.165) is 53.6 Å². The number of alkyl halides is 3. The summed E-state index contributed by atoms with van der Waals surface area (Å²) in [6.07, 6.45) is 2.76. The number of amides is 1. The van der Waals surface area contributed by atoms with Crippen molar-refractivity contribution in [1.29, 1.82) is 0 Å². The van der Waals surface area contributed by atoms with Crippen LogP contribution in [0.4, 0.5) is 13.2 Å². The van der Waals surface area contributed by atoms with E-state index in [0.29, 0.717) is 17.5 Å². The molecular formula is C37H34Cl2F3N5O3. The summed E-state index contributed by atoms with van der Waals surface area (Å²) in [5.74, 6) is -1.38. The summed E-state index contributed by atoms with van der Waals surface area (Å²) in [6, 6.07) is 25.3. The van der Waals surface area contributed by atoms with Gasteiger partial charge in [0.05, 0.1) is 16.6 Å². The van der Waals surface area contributed by atoms with Gasteiger partial charge in [-0.05, 0) is 90.4 Å². The molecule has 1 aliphatic heterocycles. The van der Waals surface area contributed by atoms with Gasteiger partial charge in [-0.2, -0.15) is 13.2 Å². The number of nitrogens with zero attached hydrogens (tertiary/aromatic N) is 4. The van der Waals surface area contributed by atoms with Gasteiger partial charge in [0.15, 0.2) is 0 Å². The number of pyridine rings is 1. The Kier molecular flexibility index (Phi) is 10.5. The zero-order valence-electron chi connectivity index (χ0n) is 26.8. The molecule has 2 fully saturated rings. The van der Waals surface area contributed by atoms with Crippen molar-refractivity contribution in [3.8, 4) is 0 Å². The normalized spacial score (nSPS) is 15.6. The zero-order chi connectivity index (χ0) is 35.6. The number of carbonyl (C=O) groups is 2. The van der Waals surface area contributed by atoms with Crippen molar-refractivity contribution in [2.24, 2.45) is 5.73 Å². The minimum absolute atomic E-state index is 0.0401. The van der Waals surface area contributed by atoms with Crippen LogP contribution < -0.4 is 5.73 Å². The van der Waals surface area contributed by atoms with Crippen LogP contribution in [-0.2, 0) is 11.3 Å². The van der Waals surface area contributed by atoms with Gasteiger partial charge in [0.2, 0.25) is 5.91 Å². The fraction of sp³-hybridized carbons (Fsp3) is 0.297. The lowest BCUT2D eigenvalue weighted by Gasteiger charge is -2.33. The Labute approximate surface area is 296 Å². The van der Waals surface area contributed by atoms with E-state index in [9.17, 15) is 18.0 Å². The van der Waals surface area contributed by atoms with E-state index >= 15 is 0 Å². The minimum Gasteiger partial charge on any atom is -0.475 e. The number of carbonyl (C=O) groups excluding carboxylic acids is 1. The zero-order valence-corrected chi connectivity index (χ0v) is 28.3. The highest BCUT2D eigenvalue weighted by Gasteiger charge is 2.38. The fourth-order valence-corrected chi connectivity index (χ4v) is 6.76. The molecule has 3 N–H and O–H groups in total. The first-order chi connectivity index (χ1) is 23.9. The van der Waals surface area contributed by atoms with Gasteiger partial charge in [-0.15, -0.1) is 0 Å².